The number of nitrogens with zero attached hydrogens (tertiary/aromatic N) is 3. The van der Waals surface area contributed by atoms with Crippen molar-refractivity contribution >= 4 is 11.5 Å². The molecule has 19 heavy (non-hydrogen) atoms. The first kappa shape index (κ1) is 13.7. The zero-order chi connectivity index (χ0) is 13.8. The zero-order valence-electron chi connectivity index (χ0n) is 11.4. The van der Waals surface area contributed by atoms with Gasteiger partial charge in [-0.1, -0.05) is 0 Å². The average Bonchev–Trinajstić information content (AvgIpc) is 2.46. The Bertz CT molecular complexity index is 444. The van der Waals surface area contributed by atoms with Gasteiger partial charge in [-0.3, -0.25) is 10.1 Å². The van der Waals surface area contributed by atoms with Crippen LogP contribution in [0.25, 0.3) is 0 Å². The number of nitrogens with one attached hydrogen (secondary N) is 1. The minimum absolute atomic E-state index is 0.0979. The fourth-order valence-corrected chi connectivity index (χ4v) is 2.65. The highest BCUT2D eigenvalue weighted by Gasteiger charge is 2.24. The molecule has 1 aromatic rings. The number of aromatic nitrogens is 1. The molecule has 1 fully saturated rings. The normalized spacial score (nSPS) is 23.1. The molecule has 1 N–H and O–H groups in total. The molecule has 0 atom stereocenters. The molecule has 0 amide bonds. The molecule has 2 rings (SSSR count). The molecule has 1 aromatic heterocycles. The lowest BCUT2D eigenvalue weighted by atomic mass is 9.90. The molecule has 1 aliphatic rings. The van der Waals surface area contributed by atoms with E-state index < -0.39 is 0 Å². The predicted molar refractivity (Wildman–Crippen MR) is 74.4 cm³/mol. The highest BCUT2D eigenvalue weighted by molar-refractivity contribution is 5.46. The van der Waals surface area contributed by atoms with Crippen LogP contribution in [0.4, 0.5) is 11.5 Å². The number of hydrogen-bond acceptors (Lipinski definition) is 5. The molecule has 104 valence electrons. The molecule has 1 saturated carbocycles. The van der Waals surface area contributed by atoms with Crippen LogP contribution < -0.4 is 10.2 Å². The van der Waals surface area contributed by atoms with Gasteiger partial charge in [0.2, 0.25) is 0 Å². The van der Waals surface area contributed by atoms with Crippen molar-refractivity contribution in [1.29, 1.82) is 0 Å². The van der Waals surface area contributed by atoms with Gasteiger partial charge in [-0.15, -0.1) is 0 Å². The molecule has 0 aliphatic heterocycles. The van der Waals surface area contributed by atoms with E-state index in [0.717, 1.165) is 25.7 Å². The van der Waals surface area contributed by atoms with Gasteiger partial charge in [0.1, 0.15) is 5.82 Å². The zero-order valence-corrected chi connectivity index (χ0v) is 11.4. The van der Waals surface area contributed by atoms with Crippen LogP contribution in [-0.4, -0.2) is 36.1 Å². The van der Waals surface area contributed by atoms with E-state index in [1.807, 2.05) is 14.1 Å². The van der Waals surface area contributed by atoms with Crippen molar-refractivity contribution in [1.82, 2.24) is 10.3 Å². The van der Waals surface area contributed by atoms with Crippen molar-refractivity contribution in [3.8, 4) is 0 Å². The second-order valence-corrected chi connectivity index (χ2v) is 5.03. The Kier molecular flexibility index (Phi) is 4.31. The van der Waals surface area contributed by atoms with Crippen LogP contribution in [0.5, 0.6) is 0 Å². The third-order valence-electron chi connectivity index (χ3n) is 3.95. The van der Waals surface area contributed by atoms with Crippen LogP contribution in [0.3, 0.4) is 0 Å². The summed E-state index contributed by atoms with van der Waals surface area (Å²) in [7, 11) is 3.97. The van der Waals surface area contributed by atoms with Gasteiger partial charge in [-0.2, -0.15) is 0 Å². The summed E-state index contributed by atoms with van der Waals surface area (Å²) in [4.78, 5) is 16.7. The molecule has 6 heteroatoms. The first-order valence-corrected chi connectivity index (χ1v) is 6.62. The summed E-state index contributed by atoms with van der Waals surface area (Å²) in [5.41, 5.74) is 0.0979. The van der Waals surface area contributed by atoms with Gasteiger partial charge in [-0.05, 0) is 32.7 Å². The second kappa shape index (κ2) is 5.97. The van der Waals surface area contributed by atoms with Gasteiger partial charge < -0.3 is 10.2 Å². The molecular weight excluding hydrogens is 244 g/mol. The van der Waals surface area contributed by atoms with Crippen LogP contribution >= 0.6 is 0 Å². The van der Waals surface area contributed by atoms with Crippen LogP contribution in [0.2, 0.25) is 0 Å². The van der Waals surface area contributed by atoms with Crippen LogP contribution in [-0.2, 0) is 0 Å². The van der Waals surface area contributed by atoms with Crippen LogP contribution in [0.15, 0.2) is 18.3 Å². The van der Waals surface area contributed by atoms with E-state index in [-0.39, 0.29) is 10.6 Å². The maximum atomic E-state index is 10.8. The predicted octanol–water partition coefficient (Wildman–Crippen LogP) is 1.96. The fraction of sp³-hybridized carbons (Fsp3) is 0.615. The Labute approximate surface area is 113 Å². The Morgan fingerprint density at radius 2 is 2.11 bits per heavy atom. The largest absolute Gasteiger partial charge is 0.356 e. The first-order chi connectivity index (χ1) is 9.11. The summed E-state index contributed by atoms with van der Waals surface area (Å²) in [6.45, 7) is 0. The van der Waals surface area contributed by atoms with Gasteiger partial charge in [0.25, 0.3) is 5.69 Å². The molecular formula is C13H20N4O2. The maximum absolute atomic E-state index is 10.8. The van der Waals surface area contributed by atoms with Gasteiger partial charge >= 0.3 is 0 Å². The first-order valence-electron chi connectivity index (χ1n) is 6.62. The Morgan fingerprint density at radius 1 is 1.42 bits per heavy atom. The lowest BCUT2D eigenvalue weighted by molar-refractivity contribution is -0.384. The lowest BCUT2D eigenvalue weighted by Crippen LogP contribution is -2.40. The van der Waals surface area contributed by atoms with E-state index in [2.05, 4.69) is 15.2 Å². The van der Waals surface area contributed by atoms with E-state index in [1.165, 1.54) is 12.3 Å². The van der Waals surface area contributed by atoms with Crippen molar-refractivity contribution < 1.29 is 4.92 Å². The minimum atomic E-state index is -0.378. The minimum Gasteiger partial charge on any atom is -0.356 e. The number of nitro groups is 1. The standard InChI is InChI=1S/C13H20N4O2/c1-14-10-3-5-11(6-4-10)16(2)13-9-12(17(18)19)7-8-15-13/h7-11,14H,3-6H2,1-2H3. The molecule has 0 bridgehead atoms. The van der Waals surface area contributed by atoms with Crippen molar-refractivity contribution in [2.24, 2.45) is 0 Å². The van der Waals surface area contributed by atoms with Crippen LogP contribution in [0, 0.1) is 10.1 Å². The van der Waals surface area contributed by atoms with E-state index >= 15 is 0 Å². The van der Waals surface area contributed by atoms with Crippen molar-refractivity contribution in [2.45, 2.75) is 37.8 Å². The van der Waals surface area contributed by atoms with Gasteiger partial charge in [0.05, 0.1) is 11.0 Å². The smallest absolute Gasteiger partial charge is 0.274 e. The average molecular weight is 264 g/mol. The summed E-state index contributed by atoms with van der Waals surface area (Å²) in [6.07, 6.45) is 5.96. The molecule has 1 aliphatic carbocycles. The monoisotopic (exact) mass is 264 g/mol. The molecule has 0 radical (unpaired) electrons. The van der Waals surface area contributed by atoms with Crippen molar-refractivity contribution in [3.05, 3.63) is 28.4 Å². The Balaban J connectivity index is 2.05. The molecule has 6 nitrogen and oxygen atoms in total. The summed E-state index contributed by atoms with van der Waals surface area (Å²) >= 11 is 0. The van der Waals surface area contributed by atoms with Gasteiger partial charge in [-0.25, -0.2) is 4.98 Å². The highest BCUT2D eigenvalue weighted by Crippen LogP contribution is 2.26. The summed E-state index contributed by atoms with van der Waals surface area (Å²) < 4.78 is 0. The summed E-state index contributed by atoms with van der Waals surface area (Å²) in [5.74, 6) is 0.683. The third kappa shape index (κ3) is 3.20. The molecule has 0 unspecified atom stereocenters. The maximum Gasteiger partial charge on any atom is 0.274 e. The molecule has 0 saturated heterocycles. The highest BCUT2D eigenvalue weighted by atomic mass is 16.6. The van der Waals surface area contributed by atoms with E-state index in [9.17, 15) is 10.1 Å². The number of pyridine rings is 1. The van der Waals surface area contributed by atoms with E-state index in [4.69, 9.17) is 0 Å². The lowest BCUT2D eigenvalue weighted by Gasteiger charge is -2.35. The van der Waals surface area contributed by atoms with Crippen molar-refractivity contribution in [2.75, 3.05) is 19.0 Å². The third-order valence-corrected chi connectivity index (χ3v) is 3.95. The molecule has 0 aromatic carbocycles. The van der Waals surface area contributed by atoms with Crippen LogP contribution in [0.1, 0.15) is 25.7 Å². The number of rotatable bonds is 4. The fourth-order valence-electron chi connectivity index (χ4n) is 2.65. The molecule has 1 heterocycles. The Morgan fingerprint density at radius 3 is 2.68 bits per heavy atom. The number of hydrogen-bond donors (Lipinski definition) is 1. The summed E-state index contributed by atoms with van der Waals surface area (Å²) in [5, 5.41) is 14.1. The summed E-state index contributed by atoms with van der Waals surface area (Å²) in [6, 6.07) is 3.99. The topological polar surface area (TPSA) is 71.3 Å². The van der Waals surface area contributed by atoms with Crippen molar-refractivity contribution in [3.63, 3.8) is 0 Å². The Hall–Kier alpha value is -1.69. The second-order valence-electron chi connectivity index (χ2n) is 5.03. The SMILES string of the molecule is CNC1CCC(N(C)c2cc([N+](=O)[O-])ccn2)CC1. The van der Waals surface area contributed by atoms with E-state index in [0.29, 0.717) is 17.9 Å². The van der Waals surface area contributed by atoms with Gasteiger partial charge in [0.15, 0.2) is 0 Å². The van der Waals surface area contributed by atoms with Gasteiger partial charge in [0, 0.05) is 31.4 Å². The molecule has 0 spiro atoms. The number of anilines is 1. The quantitative estimate of drug-likeness (QED) is 0.665. The van der Waals surface area contributed by atoms with E-state index in [1.54, 1.807) is 6.07 Å².